The Labute approximate surface area is 141 Å². The molecule has 9 heteroatoms. The quantitative estimate of drug-likeness (QED) is 0.860. The van der Waals surface area contributed by atoms with Gasteiger partial charge in [0.15, 0.2) is 0 Å². The second-order valence-corrected chi connectivity index (χ2v) is 5.46. The van der Waals surface area contributed by atoms with E-state index >= 15 is 0 Å². The van der Waals surface area contributed by atoms with Crippen LogP contribution in [0.4, 0.5) is 13.2 Å². The lowest BCUT2D eigenvalue weighted by Crippen LogP contribution is -2.24. The van der Waals surface area contributed by atoms with E-state index in [1.165, 1.54) is 12.3 Å². The SMILES string of the molecule is Cn1ncc(Cl)c1CNC(=O)c1cccc(COCC(F)(F)F)c1. The number of rotatable bonds is 6. The van der Waals surface area contributed by atoms with Gasteiger partial charge in [0.2, 0.25) is 0 Å². The van der Waals surface area contributed by atoms with Crippen molar-refractivity contribution in [1.82, 2.24) is 15.1 Å². The topological polar surface area (TPSA) is 56.2 Å². The molecule has 0 unspecified atom stereocenters. The fraction of sp³-hybridized carbons (Fsp3) is 0.333. The van der Waals surface area contributed by atoms with E-state index in [1.54, 1.807) is 29.9 Å². The van der Waals surface area contributed by atoms with Crippen molar-refractivity contribution in [3.05, 3.63) is 52.3 Å². The molecule has 1 N–H and O–H groups in total. The number of amides is 1. The molecule has 0 aliphatic heterocycles. The summed E-state index contributed by atoms with van der Waals surface area (Å²) in [7, 11) is 1.70. The van der Waals surface area contributed by atoms with Gasteiger partial charge in [-0.1, -0.05) is 23.7 Å². The van der Waals surface area contributed by atoms with Crippen LogP contribution >= 0.6 is 11.6 Å². The highest BCUT2D eigenvalue weighted by Gasteiger charge is 2.27. The first kappa shape index (κ1) is 18.3. The summed E-state index contributed by atoms with van der Waals surface area (Å²) in [6.07, 6.45) is -2.90. The predicted molar refractivity (Wildman–Crippen MR) is 81.5 cm³/mol. The maximum absolute atomic E-state index is 12.1. The van der Waals surface area contributed by atoms with E-state index in [-0.39, 0.29) is 19.1 Å². The van der Waals surface area contributed by atoms with E-state index < -0.39 is 12.8 Å². The first-order chi connectivity index (χ1) is 11.3. The normalized spacial score (nSPS) is 11.5. The van der Waals surface area contributed by atoms with Gasteiger partial charge in [-0.2, -0.15) is 18.3 Å². The predicted octanol–water partition coefficient (Wildman–Crippen LogP) is 3.08. The van der Waals surface area contributed by atoms with E-state index in [0.717, 1.165) is 0 Å². The Morgan fingerprint density at radius 1 is 1.42 bits per heavy atom. The number of hydrogen-bond acceptors (Lipinski definition) is 3. The maximum atomic E-state index is 12.1. The summed E-state index contributed by atoms with van der Waals surface area (Å²) < 4.78 is 42.3. The van der Waals surface area contributed by atoms with E-state index in [4.69, 9.17) is 11.6 Å². The van der Waals surface area contributed by atoms with Gasteiger partial charge in [0.05, 0.1) is 30.1 Å². The summed E-state index contributed by atoms with van der Waals surface area (Å²) in [5, 5.41) is 7.08. The van der Waals surface area contributed by atoms with Crippen LogP contribution in [0.15, 0.2) is 30.5 Å². The van der Waals surface area contributed by atoms with Gasteiger partial charge in [-0.15, -0.1) is 0 Å². The molecule has 0 spiro atoms. The smallest absolute Gasteiger partial charge is 0.367 e. The molecule has 0 bridgehead atoms. The summed E-state index contributed by atoms with van der Waals surface area (Å²) in [5.74, 6) is -0.370. The maximum Gasteiger partial charge on any atom is 0.411 e. The van der Waals surface area contributed by atoms with Gasteiger partial charge in [0, 0.05) is 12.6 Å². The van der Waals surface area contributed by atoms with Crippen LogP contribution in [0, 0.1) is 0 Å². The van der Waals surface area contributed by atoms with Crippen LogP contribution in [0.5, 0.6) is 0 Å². The first-order valence-electron chi connectivity index (χ1n) is 6.94. The molecule has 130 valence electrons. The molecule has 1 heterocycles. The van der Waals surface area contributed by atoms with E-state index in [2.05, 4.69) is 15.2 Å². The Hall–Kier alpha value is -2.06. The minimum Gasteiger partial charge on any atom is -0.367 e. The lowest BCUT2D eigenvalue weighted by atomic mass is 10.1. The van der Waals surface area contributed by atoms with Crippen molar-refractivity contribution in [2.45, 2.75) is 19.3 Å². The number of aromatic nitrogens is 2. The number of carbonyl (C=O) groups excluding carboxylic acids is 1. The molecule has 0 atom stereocenters. The summed E-state index contributed by atoms with van der Waals surface area (Å²) in [6.45, 7) is -1.38. The van der Waals surface area contributed by atoms with Gasteiger partial charge in [-0.25, -0.2) is 0 Å². The lowest BCUT2D eigenvalue weighted by molar-refractivity contribution is -0.176. The van der Waals surface area contributed by atoms with Crippen LogP contribution in [0.3, 0.4) is 0 Å². The zero-order valence-electron chi connectivity index (χ0n) is 12.7. The van der Waals surface area contributed by atoms with Crippen molar-refractivity contribution >= 4 is 17.5 Å². The number of ether oxygens (including phenoxy) is 1. The van der Waals surface area contributed by atoms with Crippen molar-refractivity contribution in [2.24, 2.45) is 7.05 Å². The minimum atomic E-state index is -4.38. The van der Waals surface area contributed by atoms with E-state index in [9.17, 15) is 18.0 Å². The molecule has 2 rings (SSSR count). The molecule has 0 radical (unpaired) electrons. The molecule has 0 aliphatic carbocycles. The summed E-state index contributed by atoms with van der Waals surface area (Å²) in [4.78, 5) is 12.1. The van der Waals surface area contributed by atoms with Gasteiger partial charge in [-0.3, -0.25) is 9.48 Å². The number of hydrogen-bond donors (Lipinski definition) is 1. The third kappa shape index (κ3) is 5.24. The monoisotopic (exact) mass is 361 g/mol. The zero-order valence-corrected chi connectivity index (χ0v) is 13.5. The number of alkyl halides is 3. The molecule has 2 aromatic rings. The van der Waals surface area contributed by atoms with Crippen molar-refractivity contribution in [3.8, 4) is 0 Å². The number of halogens is 4. The Kier molecular flexibility index (Phi) is 5.84. The minimum absolute atomic E-state index is 0.184. The Balaban J connectivity index is 1.94. The molecule has 0 fully saturated rings. The average Bonchev–Trinajstić information content (AvgIpc) is 2.83. The highest BCUT2D eigenvalue weighted by atomic mass is 35.5. The molecule has 0 saturated heterocycles. The fourth-order valence-electron chi connectivity index (χ4n) is 1.99. The van der Waals surface area contributed by atoms with Gasteiger partial charge >= 0.3 is 6.18 Å². The number of carbonyl (C=O) groups is 1. The van der Waals surface area contributed by atoms with Gasteiger partial charge in [-0.05, 0) is 17.7 Å². The summed E-state index contributed by atoms with van der Waals surface area (Å²) in [6, 6.07) is 6.22. The molecule has 1 aromatic carbocycles. The Bertz CT molecular complexity index is 697. The highest BCUT2D eigenvalue weighted by Crippen LogP contribution is 2.16. The molecule has 0 aliphatic rings. The van der Waals surface area contributed by atoms with Crippen molar-refractivity contribution < 1.29 is 22.7 Å². The van der Waals surface area contributed by atoms with Crippen LogP contribution in [0.2, 0.25) is 5.02 Å². The first-order valence-corrected chi connectivity index (χ1v) is 7.32. The number of nitrogens with one attached hydrogen (secondary N) is 1. The Morgan fingerprint density at radius 3 is 2.79 bits per heavy atom. The zero-order chi connectivity index (χ0) is 17.7. The van der Waals surface area contributed by atoms with E-state index in [1.807, 2.05) is 0 Å². The van der Waals surface area contributed by atoms with Crippen molar-refractivity contribution in [2.75, 3.05) is 6.61 Å². The van der Waals surface area contributed by atoms with Gasteiger partial charge in [0.1, 0.15) is 6.61 Å². The molecular weight excluding hydrogens is 347 g/mol. The largest absolute Gasteiger partial charge is 0.411 e. The standard InChI is InChI=1S/C15H15ClF3N3O2/c1-22-13(12(16)6-21-22)7-20-14(23)11-4-2-3-10(5-11)8-24-9-15(17,18)19/h2-6H,7-9H2,1H3,(H,20,23). The van der Waals surface area contributed by atoms with Gasteiger partial charge < -0.3 is 10.1 Å². The average molecular weight is 362 g/mol. The summed E-state index contributed by atoms with van der Waals surface area (Å²) >= 11 is 5.95. The molecule has 24 heavy (non-hydrogen) atoms. The van der Waals surface area contributed by atoms with Crippen molar-refractivity contribution in [3.63, 3.8) is 0 Å². The van der Waals surface area contributed by atoms with Crippen molar-refractivity contribution in [1.29, 1.82) is 0 Å². The molecule has 1 amide bonds. The summed E-state index contributed by atoms with van der Waals surface area (Å²) in [5.41, 5.74) is 1.45. The number of nitrogens with zero attached hydrogens (tertiary/aromatic N) is 2. The molecule has 1 aromatic heterocycles. The lowest BCUT2D eigenvalue weighted by Gasteiger charge is -2.09. The third-order valence-electron chi connectivity index (χ3n) is 3.15. The Morgan fingerprint density at radius 2 is 2.17 bits per heavy atom. The van der Waals surface area contributed by atoms with Crippen LogP contribution < -0.4 is 5.32 Å². The van der Waals surface area contributed by atoms with E-state index in [0.29, 0.717) is 21.8 Å². The number of aryl methyl sites for hydroxylation is 1. The van der Waals surface area contributed by atoms with Crippen LogP contribution in [0.1, 0.15) is 21.6 Å². The molecule has 5 nitrogen and oxygen atoms in total. The highest BCUT2D eigenvalue weighted by molar-refractivity contribution is 6.31. The van der Waals surface area contributed by atoms with Gasteiger partial charge in [0.25, 0.3) is 5.91 Å². The van der Waals surface area contributed by atoms with Crippen LogP contribution in [-0.2, 0) is 24.9 Å². The molecular formula is C15H15ClF3N3O2. The van der Waals surface area contributed by atoms with Crippen LogP contribution in [-0.4, -0.2) is 28.5 Å². The second kappa shape index (κ2) is 7.67. The third-order valence-corrected chi connectivity index (χ3v) is 3.47. The van der Waals surface area contributed by atoms with Crippen LogP contribution in [0.25, 0.3) is 0 Å². The molecule has 0 saturated carbocycles. The fourth-order valence-corrected chi connectivity index (χ4v) is 2.22. The number of benzene rings is 1. The second-order valence-electron chi connectivity index (χ2n) is 5.05.